The predicted molar refractivity (Wildman–Crippen MR) is 46.4 cm³/mol. The van der Waals surface area contributed by atoms with Gasteiger partial charge in [-0.05, 0) is 13.8 Å². The summed E-state index contributed by atoms with van der Waals surface area (Å²) in [6.45, 7) is 1.85. The lowest BCUT2D eigenvalue weighted by atomic mass is 10.1. The van der Waals surface area contributed by atoms with Crippen molar-refractivity contribution in [2.45, 2.75) is 38.1 Å². The minimum absolute atomic E-state index is 0.431. The number of rotatable bonds is 5. The van der Waals surface area contributed by atoms with Gasteiger partial charge >= 0.3 is 12.1 Å². The molecule has 0 aliphatic heterocycles. The fourth-order valence-corrected chi connectivity index (χ4v) is 0.868. The van der Waals surface area contributed by atoms with Crippen LogP contribution in [0.2, 0.25) is 0 Å². The van der Waals surface area contributed by atoms with Gasteiger partial charge < -0.3 is 15.5 Å². The molecule has 2 unspecified atom stereocenters. The van der Waals surface area contributed by atoms with Gasteiger partial charge in [-0.15, -0.1) is 0 Å². The van der Waals surface area contributed by atoms with Gasteiger partial charge in [-0.1, -0.05) is 0 Å². The number of nitrogens with one attached hydrogen (secondary N) is 1. The quantitative estimate of drug-likeness (QED) is 0.650. The Labute approximate surface area is 85.1 Å². The highest BCUT2D eigenvalue weighted by molar-refractivity contribution is 5.76. The molecule has 0 spiro atoms. The van der Waals surface area contributed by atoms with Gasteiger partial charge in [0.05, 0.1) is 6.42 Å². The smallest absolute Gasteiger partial charge is 0.390 e. The minimum Gasteiger partial charge on any atom is -0.479 e. The van der Waals surface area contributed by atoms with Crippen LogP contribution in [0.3, 0.4) is 0 Å². The zero-order valence-corrected chi connectivity index (χ0v) is 8.43. The van der Waals surface area contributed by atoms with Crippen LogP contribution < -0.4 is 5.32 Å². The van der Waals surface area contributed by atoms with Gasteiger partial charge in [-0.25, -0.2) is 4.79 Å². The van der Waals surface area contributed by atoms with E-state index in [1.807, 2.05) is 0 Å². The Bertz CT molecular complexity index is 228. The van der Waals surface area contributed by atoms with E-state index in [9.17, 15) is 23.1 Å². The maximum absolute atomic E-state index is 11.9. The molecule has 0 radical (unpaired) electrons. The van der Waals surface area contributed by atoms with Gasteiger partial charge in [0.1, 0.15) is 0 Å². The summed E-state index contributed by atoms with van der Waals surface area (Å²) in [6.07, 6.45) is -5.37. The molecule has 0 aromatic carbocycles. The van der Waals surface area contributed by atoms with Gasteiger partial charge in [0.15, 0.2) is 5.60 Å². The van der Waals surface area contributed by atoms with Crippen molar-refractivity contribution in [3.8, 4) is 0 Å². The lowest BCUT2D eigenvalue weighted by molar-refractivity contribution is -0.156. The molecular weight excluding hydrogens is 215 g/mol. The van der Waals surface area contributed by atoms with Crippen molar-refractivity contribution in [2.75, 3.05) is 6.54 Å². The monoisotopic (exact) mass is 229 g/mol. The highest BCUT2D eigenvalue weighted by atomic mass is 19.4. The van der Waals surface area contributed by atoms with E-state index in [0.29, 0.717) is 0 Å². The first-order chi connectivity index (χ1) is 6.54. The molecule has 7 heteroatoms. The van der Waals surface area contributed by atoms with E-state index in [0.717, 1.165) is 6.92 Å². The molecule has 0 bridgehead atoms. The molecule has 3 N–H and O–H groups in total. The second-order valence-corrected chi connectivity index (χ2v) is 3.68. The van der Waals surface area contributed by atoms with Crippen LogP contribution in [0.15, 0.2) is 0 Å². The van der Waals surface area contributed by atoms with Crippen molar-refractivity contribution in [2.24, 2.45) is 0 Å². The third-order valence-corrected chi connectivity index (χ3v) is 1.79. The number of carboxylic acid groups (broad SMARTS) is 1. The van der Waals surface area contributed by atoms with E-state index < -0.39 is 36.8 Å². The third kappa shape index (κ3) is 6.29. The summed E-state index contributed by atoms with van der Waals surface area (Å²) >= 11 is 0. The summed E-state index contributed by atoms with van der Waals surface area (Å²) in [7, 11) is 0. The summed E-state index contributed by atoms with van der Waals surface area (Å²) < 4.78 is 35.6. The van der Waals surface area contributed by atoms with E-state index in [1.165, 1.54) is 6.92 Å². The predicted octanol–water partition coefficient (Wildman–Crippen LogP) is 0.753. The summed E-state index contributed by atoms with van der Waals surface area (Å²) in [6, 6.07) is -0.934. The molecular formula is C8H14F3NO3. The molecule has 0 saturated heterocycles. The van der Waals surface area contributed by atoms with Gasteiger partial charge in [0, 0.05) is 12.6 Å². The topological polar surface area (TPSA) is 69.6 Å². The number of aliphatic carboxylic acids is 1. The van der Waals surface area contributed by atoms with Gasteiger partial charge in [-0.2, -0.15) is 13.2 Å². The summed E-state index contributed by atoms with van der Waals surface area (Å²) in [5.74, 6) is -1.48. The van der Waals surface area contributed by atoms with Crippen molar-refractivity contribution in [3.63, 3.8) is 0 Å². The maximum atomic E-state index is 11.9. The van der Waals surface area contributed by atoms with E-state index in [1.54, 1.807) is 0 Å². The largest absolute Gasteiger partial charge is 0.479 e. The molecule has 0 amide bonds. The van der Waals surface area contributed by atoms with Gasteiger partial charge in [0.2, 0.25) is 0 Å². The molecule has 0 fully saturated rings. The summed E-state index contributed by atoms with van der Waals surface area (Å²) in [4.78, 5) is 10.4. The second kappa shape index (κ2) is 4.80. The molecule has 0 aromatic rings. The normalized spacial score (nSPS) is 18.3. The SMILES string of the molecule is CC(CC(F)(F)F)NCC(C)(O)C(=O)O. The molecule has 0 aliphatic rings. The van der Waals surface area contributed by atoms with Gasteiger partial charge in [-0.3, -0.25) is 0 Å². The average Bonchev–Trinajstić information content (AvgIpc) is 1.97. The fraction of sp³-hybridized carbons (Fsp3) is 0.875. The third-order valence-electron chi connectivity index (χ3n) is 1.79. The first-order valence-electron chi connectivity index (χ1n) is 4.30. The Morgan fingerprint density at radius 3 is 2.27 bits per heavy atom. The van der Waals surface area contributed by atoms with Crippen LogP contribution in [0.1, 0.15) is 20.3 Å². The molecule has 0 aromatic heterocycles. The van der Waals surface area contributed by atoms with E-state index in [-0.39, 0.29) is 0 Å². The van der Waals surface area contributed by atoms with Gasteiger partial charge in [0.25, 0.3) is 0 Å². The van der Waals surface area contributed by atoms with Crippen LogP contribution >= 0.6 is 0 Å². The fourth-order valence-electron chi connectivity index (χ4n) is 0.868. The van der Waals surface area contributed by atoms with Crippen molar-refractivity contribution < 1.29 is 28.2 Å². The second-order valence-electron chi connectivity index (χ2n) is 3.68. The molecule has 0 aliphatic carbocycles. The van der Waals surface area contributed by atoms with Crippen LogP contribution in [-0.2, 0) is 4.79 Å². The zero-order chi connectivity index (χ0) is 12.3. The minimum atomic E-state index is -4.30. The Morgan fingerprint density at radius 2 is 1.93 bits per heavy atom. The molecule has 90 valence electrons. The van der Waals surface area contributed by atoms with Crippen molar-refractivity contribution in [1.82, 2.24) is 5.32 Å². The van der Waals surface area contributed by atoms with Crippen molar-refractivity contribution in [1.29, 1.82) is 0 Å². The van der Waals surface area contributed by atoms with Crippen LogP contribution in [0.25, 0.3) is 0 Å². The standard InChI is InChI=1S/C8H14F3NO3/c1-5(3-8(9,10)11)12-4-7(2,15)6(13)14/h5,12,15H,3-4H2,1-2H3,(H,13,14). The maximum Gasteiger partial charge on any atom is 0.390 e. The summed E-state index contributed by atoms with van der Waals surface area (Å²) in [5.41, 5.74) is -2.06. The molecule has 4 nitrogen and oxygen atoms in total. The molecule has 0 heterocycles. The Hall–Kier alpha value is -0.820. The van der Waals surface area contributed by atoms with Crippen molar-refractivity contribution >= 4 is 5.97 Å². The Kier molecular flexibility index (Phi) is 4.54. The number of alkyl halides is 3. The van der Waals surface area contributed by atoms with Crippen LogP contribution in [0.4, 0.5) is 13.2 Å². The molecule has 2 atom stereocenters. The van der Waals surface area contributed by atoms with Crippen LogP contribution in [0.5, 0.6) is 0 Å². The first kappa shape index (κ1) is 14.2. The lowest BCUT2D eigenvalue weighted by Gasteiger charge is -2.22. The van der Waals surface area contributed by atoms with E-state index in [2.05, 4.69) is 5.32 Å². The zero-order valence-electron chi connectivity index (χ0n) is 8.43. The van der Waals surface area contributed by atoms with E-state index in [4.69, 9.17) is 5.11 Å². The van der Waals surface area contributed by atoms with E-state index >= 15 is 0 Å². The highest BCUT2D eigenvalue weighted by Crippen LogP contribution is 2.21. The summed E-state index contributed by atoms with van der Waals surface area (Å²) in [5, 5.41) is 20.0. The number of carbonyl (C=O) groups is 1. The number of hydrogen-bond acceptors (Lipinski definition) is 3. The first-order valence-corrected chi connectivity index (χ1v) is 4.30. The van der Waals surface area contributed by atoms with Crippen molar-refractivity contribution in [3.05, 3.63) is 0 Å². The Balaban J connectivity index is 4.01. The lowest BCUT2D eigenvalue weighted by Crippen LogP contribution is -2.47. The average molecular weight is 229 g/mol. The molecule has 0 saturated carbocycles. The molecule has 0 rings (SSSR count). The number of hydrogen-bond donors (Lipinski definition) is 3. The highest BCUT2D eigenvalue weighted by Gasteiger charge is 2.33. The number of aliphatic hydroxyl groups is 1. The number of carboxylic acids is 1. The Morgan fingerprint density at radius 1 is 1.47 bits per heavy atom. The number of halogens is 3. The molecule has 15 heavy (non-hydrogen) atoms. The van der Waals surface area contributed by atoms with Crippen LogP contribution in [-0.4, -0.2) is 40.5 Å². The van der Waals surface area contributed by atoms with Crippen LogP contribution in [0, 0.1) is 0 Å².